The maximum absolute atomic E-state index is 5.07. The third kappa shape index (κ3) is 5.38. The summed E-state index contributed by atoms with van der Waals surface area (Å²) < 4.78 is 0. The Morgan fingerprint density at radius 3 is 1.58 bits per heavy atom. The molecule has 3 heteroatoms. The Labute approximate surface area is 332 Å². The summed E-state index contributed by atoms with van der Waals surface area (Å²) >= 11 is 0. The summed E-state index contributed by atoms with van der Waals surface area (Å²) in [5.74, 6) is 1.95. The van der Waals surface area contributed by atoms with Crippen molar-refractivity contribution in [3.05, 3.63) is 199 Å². The van der Waals surface area contributed by atoms with Crippen molar-refractivity contribution >= 4 is 32.3 Å². The SMILES string of the molecule is CC1(C)c2ccccc2-c2ccc3ccc4ccc5cc(-c6cccc(-c7ccccc7-c7nc(-c8ccccc8)nc(-c8ccccc8)n7)c6)ccc5c4c3c21. The van der Waals surface area contributed by atoms with E-state index in [1.54, 1.807) is 0 Å². The molecule has 11 rings (SSSR count). The molecule has 0 unspecified atom stereocenters. The minimum atomic E-state index is -0.105. The third-order valence-electron chi connectivity index (χ3n) is 11.9. The van der Waals surface area contributed by atoms with Gasteiger partial charge in [-0.1, -0.05) is 190 Å². The van der Waals surface area contributed by atoms with Crippen molar-refractivity contribution in [2.24, 2.45) is 0 Å². The summed E-state index contributed by atoms with van der Waals surface area (Å²) in [6, 6.07) is 67.2. The van der Waals surface area contributed by atoms with Crippen molar-refractivity contribution in [2.75, 3.05) is 0 Å². The molecule has 0 saturated carbocycles. The Morgan fingerprint density at radius 2 is 0.860 bits per heavy atom. The Balaban J connectivity index is 1.04. The first-order valence-electron chi connectivity index (χ1n) is 19.6. The van der Waals surface area contributed by atoms with E-state index < -0.39 is 0 Å². The lowest BCUT2D eigenvalue weighted by Crippen LogP contribution is -2.15. The van der Waals surface area contributed by atoms with Crippen LogP contribution >= 0.6 is 0 Å². The third-order valence-corrected chi connectivity index (χ3v) is 11.9. The highest BCUT2D eigenvalue weighted by atomic mass is 15.0. The highest BCUT2D eigenvalue weighted by Crippen LogP contribution is 2.53. The van der Waals surface area contributed by atoms with Gasteiger partial charge in [0.05, 0.1) is 0 Å². The first-order chi connectivity index (χ1) is 28.0. The van der Waals surface area contributed by atoms with Crippen LogP contribution in [0.1, 0.15) is 25.0 Å². The Morgan fingerprint density at radius 1 is 0.333 bits per heavy atom. The standard InChI is InChI=1S/C54H37N3/c1-54(2)47-23-12-11-21-44(47)45-31-28-35-25-24-34-26-27-41-33-39(29-30-43(41)48(34)49(35)50(45)54)38-18-13-19-40(32-38)42-20-9-10-22-46(42)53-56-51(36-14-5-3-6-15-36)55-52(57-53)37-16-7-4-8-17-37/h3-33H,1-2H3. The molecule has 3 nitrogen and oxygen atoms in total. The molecule has 9 aromatic carbocycles. The average molecular weight is 728 g/mol. The molecule has 57 heavy (non-hydrogen) atoms. The summed E-state index contributed by atoms with van der Waals surface area (Å²) in [6.45, 7) is 4.77. The molecular weight excluding hydrogens is 691 g/mol. The molecule has 0 amide bonds. The Bertz CT molecular complexity index is 3140. The quantitative estimate of drug-likeness (QED) is 0.166. The number of benzene rings is 9. The van der Waals surface area contributed by atoms with Crippen LogP contribution in [0.3, 0.4) is 0 Å². The smallest absolute Gasteiger partial charge is 0.164 e. The summed E-state index contributed by atoms with van der Waals surface area (Å²) in [6.07, 6.45) is 0. The fourth-order valence-corrected chi connectivity index (χ4v) is 9.15. The Kier molecular flexibility index (Phi) is 7.52. The summed E-state index contributed by atoms with van der Waals surface area (Å²) in [5.41, 5.74) is 12.8. The molecule has 0 spiro atoms. The van der Waals surface area contributed by atoms with E-state index in [2.05, 4.69) is 141 Å². The van der Waals surface area contributed by atoms with Crippen molar-refractivity contribution in [3.8, 4) is 67.5 Å². The van der Waals surface area contributed by atoms with Crippen molar-refractivity contribution in [1.29, 1.82) is 0 Å². The maximum atomic E-state index is 5.07. The van der Waals surface area contributed by atoms with E-state index >= 15 is 0 Å². The van der Waals surface area contributed by atoms with E-state index in [4.69, 9.17) is 15.0 Å². The molecule has 268 valence electrons. The monoisotopic (exact) mass is 727 g/mol. The largest absolute Gasteiger partial charge is 0.208 e. The van der Waals surface area contributed by atoms with Gasteiger partial charge in [-0.2, -0.15) is 0 Å². The minimum Gasteiger partial charge on any atom is -0.208 e. The predicted octanol–water partition coefficient (Wildman–Crippen LogP) is 14.0. The van der Waals surface area contributed by atoms with E-state index in [0.29, 0.717) is 17.5 Å². The normalized spacial score (nSPS) is 12.9. The molecule has 1 aromatic heterocycles. The molecular formula is C54H37N3. The molecule has 0 atom stereocenters. The lowest BCUT2D eigenvalue weighted by atomic mass is 9.79. The molecule has 0 aliphatic heterocycles. The summed E-state index contributed by atoms with van der Waals surface area (Å²) in [7, 11) is 0. The average Bonchev–Trinajstić information content (AvgIpc) is 3.52. The molecule has 0 bridgehead atoms. The van der Waals surface area contributed by atoms with E-state index in [-0.39, 0.29) is 5.41 Å². The first kappa shape index (κ1) is 33.1. The topological polar surface area (TPSA) is 38.7 Å². The van der Waals surface area contributed by atoms with Crippen LogP contribution in [0.2, 0.25) is 0 Å². The molecule has 0 radical (unpaired) electrons. The highest BCUT2D eigenvalue weighted by Gasteiger charge is 2.37. The van der Waals surface area contributed by atoms with Crippen molar-refractivity contribution in [1.82, 2.24) is 15.0 Å². The molecule has 10 aromatic rings. The maximum Gasteiger partial charge on any atom is 0.164 e. The molecule has 1 aliphatic rings. The van der Waals surface area contributed by atoms with Crippen LogP contribution in [0, 0.1) is 0 Å². The fourth-order valence-electron chi connectivity index (χ4n) is 9.15. The van der Waals surface area contributed by atoms with Gasteiger partial charge in [-0.05, 0) is 89.0 Å². The summed E-state index contributed by atoms with van der Waals surface area (Å²) in [5, 5.41) is 7.77. The van der Waals surface area contributed by atoms with Crippen LogP contribution in [-0.2, 0) is 5.41 Å². The molecule has 0 saturated heterocycles. The van der Waals surface area contributed by atoms with Gasteiger partial charge < -0.3 is 0 Å². The number of hydrogen-bond acceptors (Lipinski definition) is 3. The Hall–Kier alpha value is -7.23. The van der Waals surface area contributed by atoms with Gasteiger partial charge in [0.2, 0.25) is 0 Å². The van der Waals surface area contributed by atoms with Crippen molar-refractivity contribution < 1.29 is 0 Å². The molecule has 0 N–H and O–H groups in total. The predicted molar refractivity (Wildman–Crippen MR) is 237 cm³/mol. The second-order valence-electron chi connectivity index (χ2n) is 15.6. The lowest BCUT2D eigenvalue weighted by Gasteiger charge is -2.24. The van der Waals surface area contributed by atoms with E-state index in [0.717, 1.165) is 33.4 Å². The van der Waals surface area contributed by atoms with Gasteiger partial charge in [0.25, 0.3) is 0 Å². The second kappa shape index (κ2) is 12.9. The number of nitrogens with zero attached hydrogens (tertiary/aromatic N) is 3. The van der Waals surface area contributed by atoms with Crippen molar-refractivity contribution in [2.45, 2.75) is 19.3 Å². The van der Waals surface area contributed by atoms with Crippen LogP contribution in [0.4, 0.5) is 0 Å². The van der Waals surface area contributed by atoms with Crippen LogP contribution < -0.4 is 0 Å². The molecule has 1 heterocycles. The van der Waals surface area contributed by atoms with Crippen molar-refractivity contribution in [3.63, 3.8) is 0 Å². The number of aromatic nitrogens is 3. The number of fused-ring (bicyclic) bond motifs is 9. The zero-order chi connectivity index (χ0) is 38.1. The lowest BCUT2D eigenvalue weighted by molar-refractivity contribution is 0.666. The van der Waals surface area contributed by atoms with Crippen LogP contribution in [-0.4, -0.2) is 15.0 Å². The van der Waals surface area contributed by atoms with Gasteiger partial charge in [0, 0.05) is 22.1 Å². The van der Waals surface area contributed by atoms with Gasteiger partial charge in [-0.3, -0.25) is 0 Å². The fraction of sp³-hybridized carbons (Fsp3) is 0.0556. The van der Waals surface area contributed by atoms with E-state index in [1.165, 1.54) is 60.1 Å². The number of hydrogen-bond donors (Lipinski definition) is 0. The van der Waals surface area contributed by atoms with Gasteiger partial charge in [-0.25, -0.2) is 15.0 Å². The van der Waals surface area contributed by atoms with Crippen LogP contribution in [0.25, 0.3) is 99.9 Å². The first-order valence-corrected chi connectivity index (χ1v) is 19.6. The second-order valence-corrected chi connectivity index (χ2v) is 15.6. The van der Waals surface area contributed by atoms with E-state index in [1.807, 2.05) is 60.7 Å². The van der Waals surface area contributed by atoms with Crippen LogP contribution in [0.15, 0.2) is 188 Å². The minimum absolute atomic E-state index is 0.105. The molecule has 0 fully saturated rings. The van der Waals surface area contributed by atoms with Crippen LogP contribution in [0.5, 0.6) is 0 Å². The van der Waals surface area contributed by atoms with E-state index in [9.17, 15) is 0 Å². The van der Waals surface area contributed by atoms with Gasteiger partial charge >= 0.3 is 0 Å². The number of rotatable bonds is 5. The highest BCUT2D eigenvalue weighted by molar-refractivity contribution is 6.23. The zero-order valence-electron chi connectivity index (χ0n) is 31.7. The zero-order valence-corrected chi connectivity index (χ0v) is 31.7. The summed E-state index contributed by atoms with van der Waals surface area (Å²) in [4.78, 5) is 15.1. The molecule has 1 aliphatic carbocycles. The van der Waals surface area contributed by atoms with Gasteiger partial charge in [-0.15, -0.1) is 0 Å². The van der Waals surface area contributed by atoms with Gasteiger partial charge in [0.1, 0.15) is 0 Å². The van der Waals surface area contributed by atoms with Gasteiger partial charge in [0.15, 0.2) is 17.5 Å².